The van der Waals surface area contributed by atoms with Crippen molar-refractivity contribution >= 4 is 23.5 Å². The van der Waals surface area contributed by atoms with Gasteiger partial charge in [-0.25, -0.2) is 9.97 Å². The molecule has 1 aliphatic rings. The van der Waals surface area contributed by atoms with Gasteiger partial charge in [0, 0.05) is 36.3 Å². The normalized spacial score (nSPS) is 15.5. The van der Waals surface area contributed by atoms with E-state index in [1.54, 1.807) is 24.2 Å². The molecule has 31 heavy (non-hydrogen) atoms. The average Bonchev–Trinajstić information content (AvgIpc) is 2.81. The Labute approximate surface area is 188 Å². The summed E-state index contributed by atoms with van der Waals surface area (Å²) in [5.74, 6) is 1.08. The Balaban J connectivity index is 1.36. The molecule has 5 nitrogen and oxygen atoms in total. The third-order valence-electron chi connectivity index (χ3n) is 5.71. The van der Waals surface area contributed by atoms with E-state index in [9.17, 15) is 4.79 Å². The second-order valence-corrected chi connectivity index (χ2v) is 9.06. The molecule has 1 amide bonds. The molecule has 6 heteroatoms. The Morgan fingerprint density at radius 1 is 1.03 bits per heavy atom. The quantitative estimate of drug-likeness (QED) is 0.592. The number of carbonyl (C=O) groups excluding carboxylic acids is 1. The number of hydrogen-bond acceptors (Lipinski definition) is 5. The number of benzene rings is 2. The molecule has 1 aromatic heterocycles. The maximum absolute atomic E-state index is 12.8. The van der Waals surface area contributed by atoms with Crippen LogP contribution in [0.15, 0.2) is 76.9 Å². The van der Waals surface area contributed by atoms with Crippen molar-refractivity contribution in [2.75, 3.05) is 18.0 Å². The summed E-state index contributed by atoms with van der Waals surface area (Å²) in [6.07, 6.45) is 5.12. The first-order valence-corrected chi connectivity index (χ1v) is 11.6. The van der Waals surface area contributed by atoms with Gasteiger partial charge in [-0.05, 0) is 44.4 Å². The van der Waals surface area contributed by atoms with Gasteiger partial charge >= 0.3 is 0 Å². The molecular weight excluding hydrogens is 404 g/mol. The molecule has 1 fully saturated rings. The first-order valence-electron chi connectivity index (χ1n) is 10.8. The number of piperidine rings is 1. The fourth-order valence-corrected chi connectivity index (χ4v) is 4.72. The number of amides is 1. The standard InChI is InChI=1S/C25H28N4OS/c1-18-8-10-22(11-9-18)31-25-23(26-14-15-27-25)29-16-12-21(13-17-29)24(30)28-19(2)20-6-4-3-5-7-20/h3-11,14-15,19,21H,12-13,16-17H2,1-2H3,(H,28,30)/t19-/m1/s1. The summed E-state index contributed by atoms with van der Waals surface area (Å²) >= 11 is 1.64. The molecule has 3 aromatic rings. The van der Waals surface area contributed by atoms with E-state index in [0.29, 0.717) is 0 Å². The van der Waals surface area contributed by atoms with Crippen LogP contribution in [0.4, 0.5) is 5.82 Å². The highest BCUT2D eigenvalue weighted by Crippen LogP contribution is 2.34. The topological polar surface area (TPSA) is 58.1 Å². The van der Waals surface area contributed by atoms with E-state index in [0.717, 1.165) is 47.2 Å². The fourth-order valence-electron chi connectivity index (χ4n) is 3.83. The van der Waals surface area contributed by atoms with Crippen LogP contribution in [0.1, 0.15) is 36.9 Å². The van der Waals surface area contributed by atoms with Crippen LogP contribution in [-0.2, 0) is 4.79 Å². The van der Waals surface area contributed by atoms with Crippen LogP contribution in [0, 0.1) is 12.8 Å². The zero-order chi connectivity index (χ0) is 21.6. The van der Waals surface area contributed by atoms with Gasteiger partial charge in [0.2, 0.25) is 5.91 Å². The molecule has 0 unspecified atom stereocenters. The van der Waals surface area contributed by atoms with E-state index in [4.69, 9.17) is 0 Å². The number of nitrogens with zero attached hydrogens (tertiary/aromatic N) is 3. The summed E-state index contributed by atoms with van der Waals surface area (Å²) in [5, 5.41) is 4.09. The Kier molecular flexibility index (Phi) is 6.87. The second-order valence-electron chi connectivity index (χ2n) is 8.00. The summed E-state index contributed by atoms with van der Waals surface area (Å²) in [5.41, 5.74) is 2.37. The summed E-state index contributed by atoms with van der Waals surface area (Å²) in [7, 11) is 0. The van der Waals surface area contributed by atoms with E-state index in [-0.39, 0.29) is 17.9 Å². The smallest absolute Gasteiger partial charge is 0.223 e. The van der Waals surface area contributed by atoms with Gasteiger partial charge in [-0.1, -0.05) is 59.8 Å². The van der Waals surface area contributed by atoms with Crippen molar-refractivity contribution in [2.24, 2.45) is 5.92 Å². The molecule has 0 aliphatic carbocycles. The number of anilines is 1. The van der Waals surface area contributed by atoms with Crippen molar-refractivity contribution in [3.63, 3.8) is 0 Å². The van der Waals surface area contributed by atoms with Crippen molar-refractivity contribution in [1.29, 1.82) is 0 Å². The van der Waals surface area contributed by atoms with Crippen LogP contribution in [0.2, 0.25) is 0 Å². The predicted octanol–water partition coefficient (Wildman–Crippen LogP) is 5.03. The summed E-state index contributed by atoms with van der Waals surface area (Å²) in [6.45, 7) is 5.73. The highest BCUT2D eigenvalue weighted by atomic mass is 32.2. The molecular formula is C25H28N4OS. The van der Waals surface area contributed by atoms with Crippen molar-refractivity contribution in [3.8, 4) is 0 Å². The molecule has 160 valence electrons. The number of hydrogen-bond donors (Lipinski definition) is 1. The molecule has 2 aromatic carbocycles. The van der Waals surface area contributed by atoms with Crippen LogP contribution in [0.25, 0.3) is 0 Å². The molecule has 4 rings (SSSR count). The lowest BCUT2D eigenvalue weighted by atomic mass is 9.95. The highest BCUT2D eigenvalue weighted by molar-refractivity contribution is 7.99. The minimum absolute atomic E-state index is 0.0178. The zero-order valence-electron chi connectivity index (χ0n) is 18.0. The molecule has 0 radical (unpaired) electrons. The SMILES string of the molecule is Cc1ccc(Sc2nccnc2N2CCC(C(=O)N[C@H](C)c3ccccc3)CC2)cc1. The number of nitrogens with one attached hydrogen (secondary N) is 1. The molecule has 2 heterocycles. The van der Waals surface area contributed by atoms with Crippen LogP contribution in [0.3, 0.4) is 0 Å². The minimum Gasteiger partial charge on any atom is -0.354 e. The highest BCUT2D eigenvalue weighted by Gasteiger charge is 2.28. The summed E-state index contributed by atoms with van der Waals surface area (Å²) in [4.78, 5) is 25.4. The van der Waals surface area contributed by atoms with Gasteiger partial charge in [0.05, 0.1) is 6.04 Å². The minimum atomic E-state index is 0.0178. The Morgan fingerprint density at radius 2 is 1.71 bits per heavy atom. The van der Waals surface area contributed by atoms with E-state index in [2.05, 4.69) is 63.5 Å². The number of aryl methyl sites for hydroxylation is 1. The van der Waals surface area contributed by atoms with Crippen LogP contribution >= 0.6 is 11.8 Å². The maximum atomic E-state index is 12.8. The predicted molar refractivity (Wildman–Crippen MR) is 125 cm³/mol. The lowest BCUT2D eigenvalue weighted by Gasteiger charge is -2.33. The Hall–Kier alpha value is -2.86. The third-order valence-corrected chi connectivity index (χ3v) is 6.69. The summed E-state index contributed by atoms with van der Waals surface area (Å²) in [6, 6.07) is 18.6. The molecule has 1 atom stereocenters. The monoisotopic (exact) mass is 432 g/mol. The van der Waals surface area contributed by atoms with E-state index < -0.39 is 0 Å². The average molecular weight is 433 g/mol. The molecule has 0 spiro atoms. The van der Waals surface area contributed by atoms with E-state index in [1.165, 1.54) is 5.56 Å². The van der Waals surface area contributed by atoms with Crippen molar-refractivity contribution in [3.05, 3.63) is 78.1 Å². The van der Waals surface area contributed by atoms with Crippen LogP contribution in [0.5, 0.6) is 0 Å². The number of rotatable bonds is 6. The van der Waals surface area contributed by atoms with E-state index >= 15 is 0 Å². The van der Waals surface area contributed by atoms with Crippen molar-refractivity contribution < 1.29 is 4.79 Å². The second kappa shape index (κ2) is 9.96. The lowest BCUT2D eigenvalue weighted by molar-refractivity contribution is -0.126. The number of carbonyl (C=O) groups is 1. The first kappa shape index (κ1) is 21.4. The Bertz CT molecular complexity index is 1000. The fraction of sp³-hybridized carbons (Fsp3) is 0.320. The lowest BCUT2D eigenvalue weighted by Crippen LogP contribution is -2.41. The largest absolute Gasteiger partial charge is 0.354 e. The van der Waals surface area contributed by atoms with Gasteiger partial charge < -0.3 is 10.2 Å². The molecule has 1 aliphatic heterocycles. The number of aromatic nitrogens is 2. The first-order chi connectivity index (χ1) is 15.1. The van der Waals surface area contributed by atoms with Crippen molar-refractivity contribution in [1.82, 2.24) is 15.3 Å². The van der Waals surface area contributed by atoms with Gasteiger partial charge in [-0.15, -0.1) is 0 Å². The molecule has 1 N–H and O–H groups in total. The van der Waals surface area contributed by atoms with Gasteiger partial charge in [-0.3, -0.25) is 4.79 Å². The summed E-state index contributed by atoms with van der Waals surface area (Å²) < 4.78 is 0. The van der Waals surface area contributed by atoms with Gasteiger partial charge in [0.25, 0.3) is 0 Å². The molecule has 0 saturated carbocycles. The van der Waals surface area contributed by atoms with Gasteiger partial charge in [-0.2, -0.15) is 0 Å². The van der Waals surface area contributed by atoms with E-state index in [1.807, 2.05) is 25.1 Å². The molecule has 0 bridgehead atoms. The van der Waals surface area contributed by atoms with Crippen LogP contribution in [-0.4, -0.2) is 29.0 Å². The van der Waals surface area contributed by atoms with Crippen molar-refractivity contribution in [2.45, 2.75) is 42.7 Å². The third kappa shape index (κ3) is 5.44. The zero-order valence-corrected chi connectivity index (χ0v) is 18.8. The van der Waals surface area contributed by atoms with Gasteiger partial charge in [0.1, 0.15) is 5.03 Å². The van der Waals surface area contributed by atoms with Crippen LogP contribution < -0.4 is 10.2 Å². The molecule has 1 saturated heterocycles. The van der Waals surface area contributed by atoms with Gasteiger partial charge in [0.15, 0.2) is 5.82 Å². The maximum Gasteiger partial charge on any atom is 0.223 e. The Morgan fingerprint density at radius 3 is 2.42 bits per heavy atom.